The van der Waals surface area contributed by atoms with Gasteiger partial charge in [0.25, 0.3) is 0 Å². The van der Waals surface area contributed by atoms with Crippen LogP contribution in [0.15, 0.2) is 54.7 Å². The zero-order valence-electron chi connectivity index (χ0n) is 19.3. The van der Waals surface area contributed by atoms with Crippen molar-refractivity contribution in [1.29, 1.82) is 0 Å². The van der Waals surface area contributed by atoms with Gasteiger partial charge in [-0.05, 0) is 81.1 Å². The van der Waals surface area contributed by atoms with E-state index in [0.29, 0.717) is 0 Å². The van der Waals surface area contributed by atoms with Crippen LogP contribution in [0.25, 0.3) is 5.52 Å². The maximum Gasteiger partial charge on any atom is 0.210 e. The predicted molar refractivity (Wildman–Crippen MR) is 134 cm³/mol. The van der Waals surface area contributed by atoms with E-state index in [0.717, 1.165) is 48.1 Å². The number of hydrogen-bond donors (Lipinski definition) is 0. The molecule has 1 aromatic carbocycles. The molecule has 3 aromatic rings. The lowest BCUT2D eigenvalue weighted by Crippen LogP contribution is -2.25. The van der Waals surface area contributed by atoms with Gasteiger partial charge in [0.15, 0.2) is 0 Å². The highest BCUT2D eigenvalue weighted by atomic mass is 35.5. The average Bonchev–Trinajstić information content (AvgIpc) is 3.14. The van der Waals surface area contributed by atoms with E-state index in [2.05, 4.69) is 49.9 Å². The van der Waals surface area contributed by atoms with Crippen LogP contribution in [0, 0.1) is 0 Å². The van der Waals surface area contributed by atoms with Crippen LogP contribution in [0.1, 0.15) is 73.6 Å². The standard InChI is InChI=1S/C27H36N2O.ClH/c1-4-11-24-21-25-13-8-10-20-29(25)26(24)27(30)23-16-14-22(15-17-23)12-7-9-19-28(6-3)18-5-2;/h8,10,13-17,20-21H,4-7,9,11-12,18-19H2,1-3H3;1H. The van der Waals surface area contributed by atoms with Crippen LogP contribution in [0.2, 0.25) is 0 Å². The van der Waals surface area contributed by atoms with Crippen molar-refractivity contribution in [2.24, 2.45) is 0 Å². The normalized spacial score (nSPS) is 11.1. The molecule has 0 saturated carbocycles. The molecule has 0 aliphatic heterocycles. The van der Waals surface area contributed by atoms with Crippen LogP contribution in [-0.4, -0.2) is 34.7 Å². The van der Waals surface area contributed by atoms with Crippen molar-refractivity contribution in [3.63, 3.8) is 0 Å². The predicted octanol–water partition coefficient (Wildman–Crippen LogP) is 6.60. The summed E-state index contributed by atoms with van der Waals surface area (Å²) >= 11 is 0. The Bertz CT molecular complexity index is 946. The van der Waals surface area contributed by atoms with Gasteiger partial charge in [-0.3, -0.25) is 4.79 Å². The molecule has 0 atom stereocenters. The molecule has 4 heteroatoms. The molecular formula is C27H37ClN2O. The molecule has 0 radical (unpaired) electrons. The average molecular weight is 441 g/mol. The molecule has 3 nitrogen and oxygen atoms in total. The number of nitrogens with zero attached hydrogens (tertiary/aromatic N) is 2. The number of carbonyl (C=O) groups excluding carboxylic acids is 1. The lowest BCUT2D eigenvalue weighted by Gasteiger charge is -2.19. The fraction of sp³-hybridized carbons (Fsp3) is 0.444. The number of hydrogen-bond acceptors (Lipinski definition) is 2. The molecule has 168 valence electrons. The van der Waals surface area contributed by atoms with Gasteiger partial charge in [-0.25, -0.2) is 0 Å². The molecule has 0 aliphatic carbocycles. The van der Waals surface area contributed by atoms with Crippen molar-refractivity contribution in [2.45, 2.75) is 59.3 Å². The molecule has 0 fully saturated rings. The molecule has 0 saturated heterocycles. The van der Waals surface area contributed by atoms with Gasteiger partial charge in [-0.2, -0.15) is 0 Å². The summed E-state index contributed by atoms with van der Waals surface area (Å²) in [5.74, 6) is 0.120. The molecule has 0 amide bonds. The third-order valence-corrected chi connectivity index (χ3v) is 5.89. The summed E-state index contributed by atoms with van der Waals surface area (Å²) in [5, 5.41) is 0. The van der Waals surface area contributed by atoms with Crippen molar-refractivity contribution >= 4 is 23.7 Å². The van der Waals surface area contributed by atoms with Crippen molar-refractivity contribution in [2.75, 3.05) is 19.6 Å². The number of carbonyl (C=O) groups is 1. The molecule has 0 spiro atoms. The molecule has 0 unspecified atom stereocenters. The molecular weight excluding hydrogens is 404 g/mol. The number of benzene rings is 1. The van der Waals surface area contributed by atoms with Gasteiger partial charge >= 0.3 is 0 Å². The van der Waals surface area contributed by atoms with E-state index in [1.165, 1.54) is 37.9 Å². The minimum atomic E-state index is 0. The Labute approximate surface area is 193 Å². The van der Waals surface area contributed by atoms with Gasteiger partial charge in [-0.1, -0.05) is 57.5 Å². The second-order valence-corrected chi connectivity index (χ2v) is 8.18. The molecule has 31 heavy (non-hydrogen) atoms. The third kappa shape index (κ3) is 6.44. The van der Waals surface area contributed by atoms with E-state index in [4.69, 9.17) is 0 Å². The minimum absolute atomic E-state index is 0. The van der Waals surface area contributed by atoms with Crippen LogP contribution in [-0.2, 0) is 12.8 Å². The van der Waals surface area contributed by atoms with Gasteiger partial charge in [0.2, 0.25) is 5.78 Å². The Morgan fingerprint density at radius 2 is 1.68 bits per heavy atom. The smallest absolute Gasteiger partial charge is 0.210 e. The molecule has 2 heterocycles. The van der Waals surface area contributed by atoms with Gasteiger partial charge in [0.05, 0.1) is 5.69 Å². The molecule has 0 aliphatic rings. The number of rotatable bonds is 12. The van der Waals surface area contributed by atoms with Crippen LogP contribution in [0.3, 0.4) is 0 Å². The zero-order valence-corrected chi connectivity index (χ0v) is 20.1. The van der Waals surface area contributed by atoms with Crippen molar-refractivity contribution in [1.82, 2.24) is 9.30 Å². The van der Waals surface area contributed by atoms with Gasteiger partial charge < -0.3 is 9.30 Å². The summed E-state index contributed by atoms with van der Waals surface area (Å²) in [6.45, 7) is 10.2. The summed E-state index contributed by atoms with van der Waals surface area (Å²) in [4.78, 5) is 15.9. The fourth-order valence-corrected chi connectivity index (χ4v) is 4.26. The highest BCUT2D eigenvalue weighted by Gasteiger charge is 2.18. The number of halogens is 1. The van der Waals surface area contributed by atoms with Gasteiger partial charge in [0.1, 0.15) is 0 Å². The first kappa shape index (κ1) is 25.2. The second-order valence-electron chi connectivity index (χ2n) is 8.18. The quantitative estimate of drug-likeness (QED) is 0.234. The van der Waals surface area contributed by atoms with E-state index in [-0.39, 0.29) is 18.2 Å². The van der Waals surface area contributed by atoms with Crippen LogP contribution in [0.5, 0.6) is 0 Å². The third-order valence-electron chi connectivity index (χ3n) is 5.89. The lowest BCUT2D eigenvalue weighted by atomic mass is 10.00. The van der Waals surface area contributed by atoms with Crippen LogP contribution >= 0.6 is 12.4 Å². The maximum atomic E-state index is 13.3. The summed E-state index contributed by atoms with van der Waals surface area (Å²) in [5.41, 5.74) is 5.14. The van der Waals surface area contributed by atoms with Gasteiger partial charge in [0, 0.05) is 17.3 Å². The Morgan fingerprint density at radius 3 is 2.35 bits per heavy atom. The van der Waals surface area contributed by atoms with E-state index in [1.807, 2.05) is 34.9 Å². The molecule has 0 N–H and O–H groups in total. The summed E-state index contributed by atoms with van der Waals surface area (Å²) < 4.78 is 2.04. The zero-order chi connectivity index (χ0) is 21.3. The largest absolute Gasteiger partial charge is 0.313 e. The Morgan fingerprint density at radius 1 is 0.903 bits per heavy atom. The Kier molecular flexibility index (Phi) is 10.3. The number of fused-ring (bicyclic) bond motifs is 1. The number of aryl methyl sites for hydroxylation is 2. The van der Waals surface area contributed by atoms with Crippen LogP contribution in [0.4, 0.5) is 0 Å². The molecule has 0 bridgehead atoms. The van der Waals surface area contributed by atoms with Crippen LogP contribution < -0.4 is 0 Å². The highest BCUT2D eigenvalue weighted by Crippen LogP contribution is 2.22. The summed E-state index contributed by atoms with van der Waals surface area (Å²) in [6.07, 6.45) is 8.67. The monoisotopic (exact) mass is 440 g/mol. The first-order chi connectivity index (χ1) is 14.7. The van der Waals surface area contributed by atoms with E-state index in [1.54, 1.807) is 0 Å². The molecule has 3 rings (SSSR count). The molecule has 2 aromatic heterocycles. The summed E-state index contributed by atoms with van der Waals surface area (Å²) in [7, 11) is 0. The van der Waals surface area contributed by atoms with E-state index in [9.17, 15) is 4.79 Å². The lowest BCUT2D eigenvalue weighted by molar-refractivity contribution is 0.103. The number of ketones is 1. The van der Waals surface area contributed by atoms with Crippen molar-refractivity contribution in [3.8, 4) is 0 Å². The van der Waals surface area contributed by atoms with E-state index >= 15 is 0 Å². The first-order valence-corrected chi connectivity index (χ1v) is 11.6. The number of aromatic nitrogens is 1. The first-order valence-electron chi connectivity index (χ1n) is 11.6. The maximum absolute atomic E-state index is 13.3. The number of unbranched alkanes of at least 4 members (excludes halogenated alkanes) is 1. The second kappa shape index (κ2) is 12.7. The topological polar surface area (TPSA) is 24.7 Å². The van der Waals surface area contributed by atoms with E-state index < -0.39 is 0 Å². The summed E-state index contributed by atoms with van der Waals surface area (Å²) in [6, 6.07) is 16.5. The van der Waals surface area contributed by atoms with Crippen molar-refractivity contribution < 1.29 is 4.79 Å². The highest BCUT2D eigenvalue weighted by molar-refractivity contribution is 6.09. The Hall–Kier alpha value is -2.10. The van der Waals surface area contributed by atoms with Gasteiger partial charge in [-0.15, -0.1) is 12.4 Å². The fourth-order valence-electron chi connectivity index (χ4n) is 4.26. The number of pyridine rings is 1. The Balaban J connectivity index is 0.00000341. The van der Waals surface area contributed by atoms with Crippen molar-refractivity contribution in [3.05, 3.63) is 77.1 Å². The SMILES string of the molecule is CCCc1cc2ccccn2c1C(=O)c1ccc(CCCCN(CC)CCC)cc1.Cl. The minimum Gasteiger partial charge on any atom is -0.313 e.